The Labute approximate surface area is 144 Å². The Hall–Kier alpha value is -1.45. The molecule has 2 aromatic rings. The lowest BCUT2D eigenvalue weighted by molar-refractivity contribution is 0.0581. The summed E-state index contributed by atoms with van der Waals surface area (Å²) < 4.78 is 27.3. The Morgan fingerprint density at radius 1 is 1.29 bits per heavy atom. The SMILES string of the molecule is Cc1nc2sccn2c1C(=O)N1C[C@H]2CC[C@@H]1CN(S(C)(=O)=O)C2. The van der Waals surface area contributed by atoms with Gasteiger partial charge in [0, 0.05) is 37.3 Å². The average Bonchev–Trinajstić information content (AvgIpc) is 2.91. The van der Waals surface area contributed by atoms with Gasteiger partial charge in [0.25, 0.3) is 5.91 Å². The van der Waals surface area contributed by atoms with Crippen molar-refractivity contribution in [1.29, 1.82) is 0 Å². The molecule has 7 nitrogen and oxygen atoms in total. The van der Waals surface area contributed by atoms with Gasteiger partial charge in [-0.3, -0.25) is 9.20 Å². The van der Waals surface area contributed by atoms with Crippen molar-refractivity contribution in [1.82, 2.24) is 18.6 Å². The van der Waals surface area contributed by atoms with Crippen LogP contribution in [-0.2, 0) is 10.0 Å². The zero-order chi connectivity index (χ0) is 17.1. The fraction of sp³-hybridized carbons (Fsp3) is 0.600. The molecular weight excluding hydrogens is 348 g/mol. The highest BCUT2D eigenvalue weighted by atomic mass is 32.2. The predicted molar refractivity (Wildman–Crippen MR) is 91.8 cm³/mol. The largest absolute Gasteiger partial charge is 0.333 e. The minimum atomic E-state index is -3.23. The van der Waals surface area contributed by atoms with Crippen LogP contribution in [0.1, 0.15) is 29.0 Å². The van der Waals surface area contributed by atoms with Crippen molar-refractivity contribution in [3.05, 3.63) is 23.0 Å². The number of hydrogen-bond acceptors (Lipinski definition) is 5. The highest BCUT2D eigenvalue weighted by molar-refractivity contribution is 7.88. The Bertz CT molecular complexity index is 901. The first kappa shape index (κ1) is 16.0. The van der Waals surface area contributed by atoms with E-state index in [-0.39, 0.29) is 17.9 Å². The highest BCUT2D eigenvalue weighted by Crippen LogP contribution is 2.31. The molecule has 3 saturated heterocycles. The van der Waals surface area contributed by atoms with Gasteiger partial charge in [0.05, 0.1) is 11.9 Å². The average molecular weight is 368 g/mol. The van der Waals surface area contributed by atoms with Crippen molar-refractivity contribution in [2.24, 2.45) is 5.92 Å². The normalized spacial score (nSPS) is 25.3. The van der Waals surface area contributed by atoms with E-state index in [9.17, 15) is 13.2 Å². The van der Waals surface area contributed by atoms with E-state index in [0.29, 0.717) is 25.3 Å². The maximum atomic E-state index is 13.2. The predicted octanol–water partition coefficient (Wildman–Crippen LogP) is 1.20. The molecular formula is C15H20N4O3S2. The van der Waals surface area contributed by atoms with Crippen molar-refractivity contribution in [2.45, 2.75) is 25.8 Å². The van der Waals surface area contributed by atoms with Gasteiger partial charge in [-0.1, -0.05) is 0 Å². The van der Waals surface area contributed by atoms with Gasteiger partial charge in [0.1, 0.15) is 5.69 Å². The van der Waals surface area contributed by atoms with E-state index in [0.717, 1.165) is 23.5 Å². The van der Waals surface area contributed by atoms with Crippen LogP contribution in [0.2, 0.25) is 0 Å². The van der Waals surface area contributed by atoms with Gasteiger partial charge in [-0.2, -0.15) is 4.31 Å². The molecule has 0 aromatic carbocycles. The molecule has 0 unspecified atom stereocenters. The Morgan fingerprint density at radius 3 is 2.83 bits per heavy atom. The highest BCUT2D eigenvalue weighted by Gasteiger charge is 2.40. The molecule has 3 fully saturated rings. The summed E-state index contributed by atoms with van der Waals surface area (Å²) in [6.07, 6.45) is 4.94. The van der Waals surface area contributed by atoms with Crippen molar-refractivity contribution < 1.29 is 13.2 Å². The van der Waals surface area contributed by atoms with Gasteiger partial charge in [-0.05, 0) is 25.7 Å². The molecule has 2 bridgehead atoms. The summed E-state index contributed by atoms with van der Waals surface area (Å²) in [5, 5.41) is 1.92. The number of sulfonamides is 1. The number of nitrogens with zero attached hydrogens (tertiary/aromatic N) is 4. The van der Waals surface area contributed by atoms with Gasteiger partial charge in [-0.25, -0.2) is 13.4 Å². The fourth-order valence-electron chi connectivity index (χ4n) is 3.85. The second-order valence-electron chi connectivity index (χ2n) is 6.74. The number of hydrogen-bond donors (Lipinski definition) is 0. The van der Waals surface area contributed by atoms with Crippen molar-refractivity contribution in [3.8, 4) is 0 Å². The van der Waals surface area contributed by atoms with E-state index in [4.69, 9.17) is 0 Å². The molecule has 130 valence electrons. The van der Waals surface area contributed by atoms with Crippen LogP contribution >= 0.6 is 11.3 Å². The number of imidazole rings is 1. The minimum absolute atomic E-state index is 0.0385. The number of amides is 1. The van der Waals surface area contributed by atoms with Crippen LogP contribution in [0.15, 0.2) is 11.6 Å². The molecule has 0 N–H and O–H groups in total. The molecule has 5 rings (SSSR count). The number of aromatic nitrogens is 2. The van der Waals surface area contributed by atoms with Crippen molar-refractivity contribution >= 4 is 32.2 Å². The van der Waals surface area contributed by atoms with Gasteiger partial charge in [0.2, 0.25) is 10.0 Å². The maximum Gasteiger partial charge on any atom is 0.273 e. The zero-order valence-electron chi connectivity index (χ0n) is 13.7. The van der Waals surface area contributed by atoms with Gasteiger partial charge >= 0.3 is 0 Å². The monoisotopic (exact) mass is 368 g/mol. The first-order valence-electron chi connectivity index (χ1n) is 8.03. The molecule has 0 aliphatic carbocycles. The summed E-state index contributed by atoms with van der Waals surface area (Å²) in [6, 6.07) is -0.0606. The number of fused-ring (bicyclic) bond motifs is 5. The Balaban J connectivity index is 1.68. The maximum absolute atomic E-state index is 13.2. The van der Waals surface area contributed by atoms with Crippen LogP contribution in [0.25, 0.3) is 4.96 Å². The van der Waals surface area contributed by atoms with Crippen LogP contribution in [0.3, 0.4) is 0 Å². The van der Waals surface area contributed by atoms with Gasteiger partial charge in [0.15, 0.2) is 4.96 Å². The van der Waals surface area contributed by atoms with Crippen LogP contribution in [0.5, 0.6) is 0 Å². The molecule has 24 heavy (non-hydrogen) atoms. The number of aryl methyl sites for hydroxylation is 1. The third-order valence-electron chi connectivity index (χ3n) is 5.05. The first-order valence-corrected chi connectivity index (χ1v) is 10.8. The Kier molecular flexibility index (Phi) is 3.70. The van der Waals surface area contributed by atoms with Gasteiger partial charge < -0.3 is 4.90 Å². The summed E-state index contributed by atoms with van der Waals surface area (Å²) in [6.45, 7) is 3.38. The molecule has 0 radical (unpaired) electrons. The number of carbonyl (C=O) groups is 1. The number of rotatable bonds is 2. The number of carbonyl (C=O) groups excluding carboxylic acids is 1. The lowest BCUT2D eigenvalue weighted by Gasteiger charge is -2.36. The minimum Gasteiger partial charge on any atom is -0.333 e. The summed E-state index contributed by atoms with van der Waals surface area (Å²) >= 11 is 1.50. The van der Waals surface area contributed by atoms with Crippen LogP contribution in [0, 0.1) is 12.8 Å². The van der Waals surface area contributed by atoms with E-state index < -0.39 is 10.0 Å². The molecule has 3 aliphatic rings. The van der Waals surface area contributed by atoms with Gasteiger partial charge in [-0.15, -0.1) is 11.3 Å². The summed E-state index contributed by atoms with van der Waals surface area (Å²) in [7, 11) is -3.23. The van der Waals surface area contributed by atoms with Crippen LogP contribution in [0.4, 0.5) is 0 Å². The molecule has 0 saturated carbocycles. The van der Waals surface area contributed by atoms with Crippen LogP contribution < -0.4 is 0 Å². The molecule has 5 heterocycles. The van der Waals surface area contributed by atoms with Crippen LogP contribution in [-0.4, -0.2) is 64.8 Å². The third-order valence-corrected chi connectivity index (χ3v) is 7.04. The molecule has 9 heteroatoms. The third kappa shape index (κ3) is 2.55. The van der Waals surface area contributed by atoms with Crippen molar-refractivity contribution in [2.75, 3.05) is 25.9 Å². The van der Waals surface area contributed by atoms with E-state index in [2.05, 4.69) is 4.98 Å². The van der Waals surface area contributed by atoms with Crippen molar-refractivity contribution in [3.63, 3.8) is 0 Å². The second-order valence-corrected chi connectivity index (χ2v) is 9.59. The lowest BCUT2D eigenvalue weighted by Crippen LogP contribution is -2.48. The topological polar surface area (TPSA) is 75.0 Å². The standard InChI is InChI=1S/C15H20N4O3S2/c1-10-13(18-5-6-23-15(18)16-10)14(20)19-8-11-3-4-12(19)9-17(7-11)24(2,21)22/h5-6,11-12H,3-4,7-9H2,1-2H3/t11-,12+/m0/s1. The number of thiazole rings is 1. The molecule has 2 atom stereocenters. The summed E-state index contributed by atoms with van der Waals surface area (Å²) in [5.41, 5.74) is 1.33. The van der Waals surface area contributed by atoms with E-state index in [1.165, 1.54) is 21.9 Å². The summed E-state index contributed by atoms with van der Waals surface area (Å²) in [5.74, 6) is 0.164. The Morgan fingerprint density at radius 2 is 2.08 bits per heavy atom. The van der Waals surface area contributed by atoms with E-state index >= 15 is 0 Å². The quantitative estimate of drug-likeness (QED) is 0.798. The molecule has 2 aromatic heterocycles. The smallest absolute Gasteiger partial charge is 0.273 e. The molecule has 1 amide bonds. The fourth-order valence-corrected chi connectivity index (χ4v) is 5.53. The first-order chi connectivity index (χ1) is 11.3. The van der Waals surface area contributed by atoms with E-state index in [1.807, 2.05) is 27.8 Å². The second kappa shape index (κ2) is 5.53. The van der Waals surface area contributed by atoms with E-state index in [1.54, 1.807) is 0 Å². The lowest BCUT2D eigenvalue weighted by atomic mass is 9.94. The molecule has 0 spiro atoms. The number of piperidine rings is 1. The molecule has 3 aliphatic heterocycles. The summed E-state index contributed by atoms with van der Waals surface area (Å²) in [4.78, 5) is 20.3. The zero-order valence-corrected chi connectivity index (χ0v) is 15.3.